The first kappa shape index (κ1) is 18.9. The van der Waals surface area contributed by atoms with Crippen molar-refractivity contribution in [3.8, 4) is 5.69 Å². The Labute approximate surface area is 162 Å². The number of alkyl halides is 1. The van der Waals surface area contributed by atoms with Crippen molar-refractivity contribution in [3.63, 3.8) is 0 Å². The molecule has 1 atom stereocenters. The number of halogens is 1. The Bertz CT molecular complexity index is 1070. The quantitative estimate of drug-likeness (QED) is 0.507. The predicted molar refractivity (Wildman–Crippen MR) is 107 cm³/mol. The van der Waals surface area contributed by atoms with Crippen LogP contribution in [0.4, 0.5) is 5.69 Å². The normalized spacial score (nSPS) is 12.0. The number of ether oxygens (including phenoxy) is 1. The number of fused-ring (bicyclic) bond motifs is 1. The number of esters is 1. The van der Waals surface area contributed by atoms with Gasteiger partial charge in [0.25, 0.3) is 5.56 Å². The fourth-order valence-corrected chi connectivity index (χ4v) is 3.07. The summed E-state index contributed by atoms with van der Waals surface area (Å²) in [6.07, 6.45) is 0. The number of aromatic nitrogens is 2. The van der Waals surface area contributed by atoms with Crippen LogP contribution in [-0.4, -0.2) is 36.7 Å². The van der Waals surface area contributed by atoms with Crippen molar-refractivity contribution in [2.75, 3.05) is 26.1 Å². The number of carbonyl (C=O) groups is 1. The van der Waals surface area contributed by atoms with Gasteiger partial charge in [-0.25, -0.2) is 9.78 Å². The summed E-state index contributed by atoms with van der Waals surface area (Å²) in [5.74, 6) is -0.170. The van der Waals surface area contributed by atoms with E-state index in [0.717, 1.165) is 5.69 Å². The summed E-state index contributed by atoms with van der Waals surface area (Å²) in [4.78, 5) is 32.1. The SMILES string of the molecule is COC(=O)c1ccccc1-n1c(C(C)Cl)nc2ccc(N(C)C)cc2c1=O. The highest BCUT2D eigenvalue weighted by Gasteiger charge is 2.21. The molecule has 0 saturated heterocycles. The molecule has 3 rings (SSSR count). The molecule has 3 aromatic rings. The monoisotopic (exact) mass is 385 g/mol. The molecule has 2 aromatic carbocycles. The maximum absolute atomic E-state index is 13.4. The molecule has 0 bridgehead atoms. The van der Waals surface area contributed by atoms with Crippen molar-refractivity contribution in [1.82, 2.24) is 9.55 Å². The van der Waals surface area contributed by atoms with E-state index in [2.05, 4.69) is 4.98 Å². The van der Waals surface area contributed by atoms with Crippen molar-refractivity contribution >= 4 is 34.2 Å². The molecule has 0 aliphatic heterocycles. The lowest BCUT2D eigenvalue weighted by molar-refractivity contribution is 0.0600. The van der Waals surface area contributed by atoms with Gasteiger partial charge < -0.3 is 9.64 Å². The molecule has 6 nitrogen and oxygen atoms in total. The lowest BCUT2D eigenvalue weighted by atomic mass is 10.1. The highest BCUT2D eigenvalue weighted by molar-refractivity contribution is 6.20. The molecule has 1 heterocycles. The molecular formula is C20H20ClN3O3. The van der Waals surface area contributed by atoms with Crippen LogP contribution in [0.15, 0.2) is 47.3 Å². The van der Waals surface area contributed by atoms with Gasteiger partial charge in [0.1, 0.15) is 5.82 Å². The number of rotatable bonds is 4. The maximum atomic E-state index is 13.4. The van der Waals surface area contributed by atoms with Crippen LogP contribution in [0.1, 0.15) is 28.5 Å². The summed E-state index contributed by atoms with van der Waals surface area (Å²) in [6, 6.07) is 12.2. The highest BCUT2D eigenvalue weighted by Crippen LogP contribution is 2.25. The molecule has 1 aromatic heterocycles. The Balaban J connectivity index is 2.42. The smallest absolute Gasteiger partial charge is 0.339 e. The Kier molecular flexibility index (Phi) is 5.19. The molecule has 0 aliphatic carbocycles. The Morgan fingerprint density at radius 3 is 2.56 bits per heavy atom. The van der Waals surface area contributed by atoms with E-state index in [1.807, 2.05) is 25.1 Å². The van der Waals surface area contributed by atoms with Gasteiger partial charge in [-0.2, -0.15) is 0 Å². The number of anilines is 1. The molecule has 0 spiro atoms. The van der Waals surface area contributed by atoms with Crippen molar-refractivity contribution in [3.05, 3.63) is 64.2 Å². The van der Waals surface area contributed by atoms with Crippen LogP contribution in [0.2, 0.25) is 0 Å². The lowest BCUT2D eigenvalue weighted by Gasteiger charge is -2.18. The van der Waals surface area contributed by atoms with E-state index in [0.29, 0.717) is 22.4 Å². The summed E-state index contributed by atoms with van der Waals surface area (Å²) < 4.78 is 6.26. The van der Waals surface area contributed by atoms with Gasteiger partial charge in [0.15, 0.2) is 0 Å². The molecule has 0 saturated carbocycles. The van der Waals surface area contributed by atoms with Gasteiger partial charge in [0.05, 0.1) is 34.6 Å². The second-order valence-corrected chi connectivity index (χ2v) is 6.99. The first-order valence-electron chi connectivity index (χ1n) is 8.41. The van der Waals surface area contributed by atoms with Crippen LogP contribution in [0, 0.1) is 0 Å². The number of hydrogen-bond donors (Lipinski definition) is 0. The van der Waals surface area contributed by atoms with Crippen LogP contribution in [-0.2, 0) is 4.74 Å². The van der Waals surface area contributed by atoms with Gasteiger partial charge in [-0.3, -0.25) is 9.36 Å². The number of para-hydroxylation sites is 1. The topological polar surface area (TPSA) is 64.4 Å². The zero-order valence-corrected chi connectivity index (χ0v) is 16.3. The summed E-state index contributed by atoms with van der Waals surface area (Å²) in [6.45, 7) is 1.74. The number of methoxy groups -OCH3 is 1. The van der Waals surface area contributed by atoms with Gasteiger partial charge in [-0.15, -0.1) is 11.6 Å². The third-order valence-corrected chi connectivity index (χ3v) is 4.50. The third-order valence-electron chi connectivity index (χ3n) is 4.30. The van der Waals surface area contributed by atoms with Crippen molar-refractivity contribution < 1.29 is 9.53 Å². The minimum absolute atomic E-state index is 0.269. The molecule has 0 N–H and O–H groups in total. The first-order valence-corrected chi connectivity index (χ1v) is 8.84. The van der Waals surface area contributed by atoms with Crippen LogP contribution < -0.4 is 10.5 Å². The van der Waals surface area contributed by atoms with Gasteiger partial charge >= 0.3 is 5.97 Å². The van der Waals surface area contributed by atoms with E-state index in [9.17, 15) is 9.59 Å². The summed E-state index contributed by atoms with van der Waals surface area (Å²) in [5, 5.41) is -0.0942. The molecule has 0 aliphatic rings. The predicted octanol–water partition coefficient (Wildman–Crippen LogP) is 3.54. The van der Waals surface area contributed by atoms with Crippen LogP contribution >= 0.6 is 11.6 Å². The number of hydrogen-bond acceptors (Lipinski definition) is 5. The number of carbonyl (C=O) groups excluding carboxylic acids is 1. The number of benzene rings is 2. The van der Waals surface area contributed by atoms with Gasteiger partial charge in [-0.05, 0) is 37.3 Å². The minimum Gasteiger partial charge on any atom is -0.465 e. The Morgan fingerprint density at radius 1 is 1.22 bits per heavy atom. The van der Waals surface area contributed by atoms with E-state index in [1.54, 1.807) is 43.3 Å². The Morgan fingerprint density at radius 2 is 1.93 bits per heavy atom. The fraction of sp³-hybridized carbons (Fsp3) is 0.250. The summed E-state index contributed by atoms with van der Waals surface area (Å²) >= 11 is 6.33. The average molecular weight is 386 g/mol. The molecule has 7 heteroatoms. The van der Waals surface area contributed by atoms with Crippen molar-refractivity contribution in [2.24, 2.45) is 0 Å². The molecular weight excluding hydrogens is 366 g/mol. The highest BCUT2D eigenvalue weighted by atomic mass is 35.5. The van der Waals surface area contributed by atoms with Crippen molar-refractivity contribution in [2.45, 2.75) is 12.3 Å². The minimum atomic E-state index is -0.540. The maximum Gasteiger partial charge on any atom is 0.339 e. The lowest BCUT2D eigenvalue weighted by Crippen LogP contribution is -2.26. The third kappa shape index (κ3) is 3.40. The summed E-state index contributed by atoms with van der Waals surface area (Å²) in [5.41, 5.74) is 1.80. The van der Waals surface area contributed by atoms with E-state index in [1.165, 1.54) is 11.7 Å². The summed E-state index contributed by atoms with van der Waals surface area (Å²) in [7, 11) is 5.10. The van der Waals surface area contributed by atoms with Crippen LogP contribution in [0.3, 0.4) is 0 Å². The molecule has 0 amide bonds. The zero-order valence-electron chi connectivity index (χ0n) is 15.6. The van der Waals surface area contributed by atoms with Crippen molar-refractivity contribution in [1.29, 1.82) is 0 Å². The molecule has 0 fully saturated rings. The van der Waals surface area contributed by atoms with Gasteiger partial charge in [0.2, 0.25) is 0 Å². The van der Waals surface area contributed by atoms with E-state index in [4.69, 9.17) is 16.3 Å². The standard InChI is InChI=1S/C20H20ClN3O3/c1-12(21)18-22-16-10-9-13(23(2)3)11-15(16)19(25)24(18)17-8-6-5-7-14(17)20(26)27-4/h5-12H,1-4H3. The van der Waals surface area contributed by atoms with E-state index in [-0.39, 0.29) is 11.1 Å². The van der Waals surface area contributed by atoms with Gasteiger partial charge in [-0.1, -0.05) is 12.1 Å². The second kappa shape index (κ2) is 7.40. The fourth-order valence-electron chi connectivity index (χ4n) is 2.92. The van der Waals surface area contributed by atoms with Gasteiger partial charge in [0, 0.05) is 19.8 Å². The average Bonchev–Trinajstić information content (AvgIpc) is 2.66. The van der Waals surface area contributed by atoms with Crippen LogP contribution in [0.25, 0.3) is 16.6 Å². The first-order chi connectivity index (χ1) is 12.8. The zero-order chi connectivity index (χ0) is 19.7. The largest absolute Gasteiger partial charge is 0.465 e. The molecule has 140 valence electrons. The van der Waals surface area contributed by atoms with E-state index >= 15 is 0 Å². The Hall–Kier alpha value is -2.86. The molecule has 0 radical (unpaired) electrons. The number of nitrogens with zero attached hydrogens (tertiary/aromatic N) is 3. The van der Waals surface area contributed by atoms with E-state index < -0.39 is 11.3 Å². The molecule has 1 unspecified atom stereocenters. The second-order valence-electron chi connectivity index (χ2n) is 6.33. The van der Waals surface area contributed by atoms with Crippen LogP contribution in [0.5, 0.6) is 0 Å². The molecule has 27 heavy (non-hydrogen) atoms.